The Morgan fingerprint density at radius 3 is 2.50 bits per heavy atom. The molecule has 0 spiro atoms. The first-order chi connectivity index (χ1) is 7.41. The van der Waals surface area contributed by atoms with Crippen LogP contribution in [0.5, 0.6) is 0 Å². The Kier molecular flexibility index (Phi) is 3.95. The monoisotopic (exact) mass is 229 g/mol. The van der Waals surface area contributed by atoms with E-state index in [1.165, 1.54) is 12.1 Å². The van der Waals surface area contributed by atoms with E-state index in [0.717, 1.165) is 6.07 Å². The highest BCUT2D eigenvalue weighted by Crippen LogP contribution is 2.14. The normalized spacial score (nSPS) is 14.5. The van der Waals surface area contributed by atoms with Crippen LogP contribution in [0.1, 0.15) is 25.5 Å². The second-order valence-electron chi connectivity index (χ2n) is 3.84. The van der Waals surface area contributed by atoms with Crippen LogP contribution in [-0.4, -0.2) is 11.9 Å². The molecule has 5 heteroatoms. The van der Waals surface area contributed by atoms with Crippen LogP contribution < -0.4 is 11.1 Å². The van der Waals surface area contributed by atoms with E-state index in [4.69, 9.17) is 5.73 Å². The number of hydrogen-bond acceptors (Lipinski definition) is 1. The summed E-state index contributed by atoms with van der Waals surface area (Å²) in [6.07, 6.45) is 0. The van der Waals surface area contributed by atoms with Gasteiger partial charge >= 0.3 is 0 Å². The maximum absolute atomic E-state index is 13.4. The lowest BCUT2D eigenvalue weighted by atomic mass is 10.1. The van der Waals surface area contributed by atoms with E-state index >= 15 is 0 Å². The smallest absolute Gasteiger partial charge is 0.275 e. The molecule has 0 radical (unpaired) electrons. The molecule has 2 atom stereocenters. The van der Waals surface area contributed by atoms with Crippen LogP contribution >= 0.6 is 0 Å². The average molecular weight is 229 g/mol. The number of primary amides is 1. The number of carbonyl (C=O) groups is 1. The highest BCUT2D eigenvalue weighted by atomic mass is 19.1. The lowest BCUT2D eigenvalue weighted by Crippen LogP contribution is -2.92. The average Bonchev–Trinajstić information content (AvgIpc) is 2.16. The third-order valence-electron chi connectivity index (χ3n) is 2.48. The molecular weight excluding hydrogens is 214 g/mol. The molecule has 4 N–H and O–H groups in total. The van der Waals surface area contributed by atoms with Gasteiger partial charge in [0.1, 0.15) is 17.7 Å². The summed E-state index contributed by atoms with van der Waals surface area (Å²) in [5, 5.41) is 1.64. The van der Waals surface area contributed by atoms with Gasteiger partial charge in [-0.05, 0) is 26.0 Å². The minimum Gasteiger partial charge on any atom is -0.365 e. The van der Waals surface area contributed by atoms with Gasteiger partial charge in [-0.2, -0.15) is 0 Å². The molecule has 0 aliphatic carbocycles. The number of benzene rings is 1. The fourth-order valence-corrected chi connectivity index (χ4v) is 1.50. The summed E-state index contributed by atoms with van der Waals surface area (Å²) in [6, 6.07) is 2.66. The highest BCUT2D eigenvalue weighted by molar-refractivity contribution is 5.77. The molecule has 3 nitrogen and oxygen atoms in total. The summed E-state index contributed by atoms with van der Waals surface area (Å²) in [7, 11) is 0. The summed E-state index contributed by atoms with van der Waals surface area (Å²) < 4.78 is 26.1. The van der Waals surface area contributed by atoms with Crippen molar-refractivity contribution in [2.24, 2.45) is 5.73 Å². The molecule has 16 heavy (non-hydrogen) atoms. The third-order valence-corrected chi connectivity index (χ3v) is 2.48. The van der Waals surface area contributed by atoms with Crippen molar-refractivity contribution in [3.8, 4) is 0 Å². The quantitative estimate of drug-likeness (QED) is 0.774. The Morgan fingerprint density at radius 2 is 2.00 bits per heavy atom. The second kappa shape index (κ2) is 5.03. The van der Waals surface area contributed by atoms with Crippen molar-refractivity contribution in [3.63, 3.8) is 0 Å². The van der Waals surface area contributed by atoms with Crippen LogP contribution in [0.2, 0.25) is 0 Å². The number of hydrogen-bond donors (Lipinski definition) is 2. The van der Waals surface area contributed by atoms with Crippen LogP contribution in [0, 0.1) is 11.6 Å². The van der Waals surface area contributed by atoms with Gasteiger partial charge in [0.15, 0.2) is 6.04 Å². The minimum atomic E-state index is -0.614. The molecule has 0 saturated heterocycles. The van der Waals surface area contributed by atoms with E-state index < -0.39 is 23.6 Å². The van der Waals surface area contributed by atoms with Crippen LogP contribution in [0.4, 0.5) is 8.78 Å². The molecule has 1 amide bonds. The summed E-state index contributed by atoms with van der Waals surface area (Å²) in [6.45, 7) is 3.37. The van der Waals surface area contributed by atoms with Crippen molar-refractivity contribution in [2.75, 3.05) is 0 Å². The Balaban J connectivity index is 2.80. The van der Waals surface area contributed by atoms with Gasteiger partial charge in [0.2, 0.25) is 0 Å². The molecule has 88 valence electrons. The molecular formula is C11H15F2N2O+. The summed E-state index contributed by atoms with van der Waals surface area (Å²) in [5.41, 5.74) is 5.46. The van der Waals surface area contributed by atoms with Crippen molar-refractivity contribution < 1.29 is 18.9 Å². The van der Waals surface area contributed by atoms with Crippen LogP contribution in [0.25, 0.3) is 0 Å². The largest absolute Gasteiger partial charge is 0.365 e. The maximum atomic E-state index is 13.4. The zero-order valence-corrected chi connectivity index (χ0v) is 9.21. The van der Waals surface area contributed by atoms with Gasteiger partial charge in [-0.3, -0.25) is 4.79 Å². The lowest BCUT2D eigenvalue weighted by molar-refractivity contribution is -0.710. The van der Waals surface area contributed by atoms with Crippen LogP contribution in [0.3, 0.4) is 0 Å². The molecule has 0 fully saturated rings. The molecule has 0 aromatic heterocycles. The first kappa shape index (κ1) is 12.6. The first-order valence-electron chi connectivity index (χ1n) is 5.01. The fraction of sp³-hybridized carbons (Fsp3) is 0.364. The van der Waals surface area contributed by atoms with Gasteiger partial charge in [-0.1, -0.05) is 0 Å². The summed E-state index contributed by atoms with van der Waals surface area (Å²) in [5.74, 6) is -1.69. The molecule has 1 rings (SSSR count). The van der Waals surface area contributed by atoms with E-state index in [1.54, 1.807) is 19.2 Å². The molecule has 0 saturated carbocycles. The standard InChI is InChI=1S/C11H14F2N2O/c1-6(15-7(2)11(14)16)9-4-3-8(12)5-10(9)13/h3-7,15H,1-2H3,(H2,14,16)/p+1/t6-,7+/m1/s1. The molecule has 0 aliphatic heterocycles. The Bertz CT molecular complexity index is 396. The second-order valence-corrected chi connectivity index (χ2v) is 3.84. The maximum Gasteiger partial charge on any atom is 0.275 e. The number of quaternary nitrogens is 1. The van der Waals surface area contributed by atoms with Gasteiger partial charge in [0, 0.05) is 11.6 Å². The molecule has 1 aromatic rings. The molecule has 0 aliphatic rings. The minimum absolute atomic E-state index is 0.289. The Hall–Kier alpha value is -1.49. The van der Waals surface area contributed by atoms with Crippen molar-refractivity contribution in [3.05, 3.63) is 35.4 Å². The predicted molar refractivity (Wildman–Crippen MR) is 55.4 cm³/mol. The number of halogens is 2. The van der Waals surface area contributed by atoms with Crippen LogP contribution in [-0.2, 0) is 4.79 Å². The third kappa shape index (κ3) is 3.00. The van der Waals surface area contributed by atoms with E-state index in [-0.39, 0.29) is 6.04 Å². The molecule has 0 bridgehead atoms. The number of nitrogens with two attached hydrogens (primary N) is 2. The van der Waals surface area contributed by atoms with E-state index in [1.807, 2.05) is 0 Å². The summed E-state index contributed by atoms with van der Waals surface area (Å²) >= 11 is 0. The van der Waals surface area contributed by atoms with Gasteiger partial charge in [0.25, 0.3) is 5.91 Å². The van der Waals surface area contributed by atoms with Gasteiger partial charge in [-0.15, -0.1) is 0 Å². The number of carbonyl (C=O) groups excluding carboxylic acids is 1. The van der Waals surface area contributed by atoms with Crippen molar-refractivity contribution >= 4 is 5.91 Å². The van der Waals surface area contributed by atoms with E-state index in [2.05, 4.69) is 0 Å². The fourth-order valence-electron chi connectivity index (χ4n) is 1.50. The van der Waals surface area contributed by atoms with Crippen molar-refractivity contribution in [2.45, 2.75) is 25.9 Å². The molecule has 0 heterocycles. The molecule has 0 unspecified atom stereocenters. The van der Waals surface area contributed by atoms with E-state index in [0.29, 0.717) is 5.56 Å². The highest BCUT2D eigenvalue weighted by Gasteiger charge is 2.20. The number of rotatable bonds is 4. The SMILES string of the molecule is C[C@H]([NH2+][C@H](C)c1ccc(F)cc1F)C(N)=O. The van der Waals surface area contributed by atoms with Crippen molar-refractivity contribution in [1.82, 2.24) is 0 Å². The first-order valence-corrected chi connectivity index (χ1v) is 5.01. The zero-order valence-electron chi connectivity index (χ0n) is 9.21. The predicted octanol–water partition coefficient (Wildman–Crippen LogP) is 0.463. The zero-order chi connectivity index (χ0) is 12.3. The lowest BCUT2D eigenvalue weighted by Gasteiger charge is -2.15. The van der Waals surface area contributed by atoms with Crippen molar-refractivity contribution in [1.29, 1.82) is 0 Å². The molecule has 1 aromatic carbocycles. The number of amides is 1. The van der Waals surface area contributed by atoms with Crippen LogP contribution in [0.15, 0.2) is 18.2 Å². The van der Waals surface area contributed by atoms with Gasteiger partial charge < -0.3 is 11.1 Å². The summed E-state index contributed by atoms with van der Waals surface area (Å²) in [4.78, 5) is 10.8. The Morgan fingerprint density at radius 1 is 1.38 bits per heavy atom. The van der Waals surface area contributed by atoms with Gasteiger partial charge in [-0.25, -0.2) is 8.78 Å². The van der Waals surface area contributed by atoms with E-state index in [9.17, 15) is 13.6 Å². The van der Waals surface area contributed by atoms with Gasteiger partial charge in [0.05, 0.1) is 0 Å². The Labute approximate surface area is 92.6 Å². The topological polar surface area (TPSA) is 59.7 Å².